The van der Waals surface area contributed by atoms with E-state index in [0.29, 0.717) is 12.1 Å². The predicted molar refractivity (Wildman–Crippen MR) is 141 cm³/mol. The van der Waals surface area contributed by atoms with Crippen molar-refractivity contribution >= 4 is 23.6 Å². The number of likely N-dealkylation sites (tertiary alicyclic amines) is 1. The number of rotatable bonds is 6. The molecule has 6 nitrogen and oxygen atoms in total. The molecule has 1 atom stereocenters. The number of carbonyl (C=O) groups excluding carboxylic acids is 2. The molecule has 2 N–H and O–H groups in total. The molecule has 0 unspecified atom stereocenters. The Balaban J connectivity index is 1.05. The van der Waals surface area contributed by atoms with Gasteiger partial charge in [0.15, 0.2) is 0 Å². The van der Waals surface area contributed by atoms with Gasteiger partial charge in [0.05, 0.1) is 12.1 Å². The first-order valence-corrected chi connectivity index (χ1v) is 13.3. The highest BCUT2D eigenvalue weighted by Crippen LogP contribution is 2.34. The molecule has 1 aliphatic carbocycles. The molecule has 2 aromatic carbocycles. The highest BCUT2D eigenvalue weighted by molar-refractivity contribution is 5.96. The van der Waals surface area contributed by atoms with Gasteiger partial charge in [-0.25, -0.2) is 0 Å². The maximum Gasteiger partial charge on any atom is 0.416 e. The van der Waals surface area contributed by atoms with E-state index in [-0.39, 0.29) is 24.1 Å². The van der Waals surface area contributed by atoms with Gasteiger partial charge < -0.3 is 15.5 Å². The average molecular weight is 527 g/mol. The van der Waals surface area contributed by atoms with E-state index in [1.807, 2.05) is 0 Å². The first-order chi connectivity index (χ1) is 18.3. The van der Waals surface area contributed by atoms with Gasteiger partial charge in [0.1, 0.15) is 0 Å². The van der Waals surface area contributed by atoms with Crippen LogP contribution in [0.3, 0.4) is 0 Å². The normalized spacial score (nSPS) is 23.7. The fraction of sp³-hybridized carbons (Fsp3) is 0.448. The van der Waals surface area contributed by atoms with E-state index in [1.165, 1.54) is 23.4 Å². The number of para-hydroxylation sites is 1. The smallest absolute Gasteiger partial charge is 0.364 e. The number of fused-ring (bicyclic) bond motifs is 1. The third-order valence-corrected chi connectivity index (χ3v) is 7.92. The van der Waals surface area contributed by atoms with Gasteiger partial charge in [-0.2, -0.15) is 13.2 Å². The molecule has 0 spiro atoms. The van der Waals surface area contributed by atoms with Gasteiger partial charge in [0.2, 0.25) is 5.91 Å². The Kier molecular flexibility index (Phi) is 7.74. The molecule has 2 amide bonds. The molecular weight excluding hydrogens is 493 g/mol. The van der Waals surface area contributed by atoms with E-state index in [0.717, 1.165) is 63.9 Å². The summed E-state index contributed by atoms with van der Waals surface area (Å²) in [5.41, 5.74) is 1.58. The van der Waals surface area contributed by atoms with Gasteiger partial charge in [-0.15, -0.1) is 0 Å². The van der Waals surface area contributed by atoms with Crippen molar-refractivity contribution in [1.82, 2.24) is 15.5 Å². The van der Waals surface area contributed by atoms with Crippen molar-refractivity contribution in [3.05, 3.63) is 71.3 Å². The van der Waals surface area contributed by atoms with Crippen molar-refractivity contribution in [3.63, 3.8) is 0 Å². The molecule has 2 aliphatic heterocycles. The Morgan fingerprint density at radius 3 is 2.50 bits per heavy atom. The zero-order valence-corrected chi connectivity index (χ0v) is 21.2. The number of hydrogen-bond donors (Lipinski definition) is 2. The van der Waals surface area contributed by atoms with Gasteiger partial charge in [-0.1, -0.05) is 36.4 Å². The van der Waals surface area contributed by atoms with Crippen LogP contribution in [-0.4, -0.2) is 61.0 Å². The summed E-state index contributed by atoms with van der Waals surface area (Å²) in [6.07, 6.45) is 5.29. The van der Waals surface area contributed by atoms with E-state index in [4.69, 9.17) is 0 Å². The summed E-state index contributed by atoms with van der Waals surface area (Å²) in [5, 5.41) is 5.40. The molecule has 2 aromatic rings. The summed E-state index contributed by atoms with van der Waals surface area (Å²) in [7, 11) is 0. The van der Waals surface area contributed by atoms with Crippen LogP contribution in [0.25, 0.3) is 6.08 Å². The van der Waals surface area contributed by atoms with Crippen molar-refractivity contribution in [3.8, 4) is 0 Å². The van der Waals surface area contributed by atoms with Crippen LogP contribution in [-0.2, 0) is 11.0 Å². The Morgan fingerprint density at radius 1 is 0.947 bits per heavy atom. The van der Waals surface area contributed by atoms with Crippen LogP contribution in [0.4, 0.5) is 18.9 Å². The monoisotopic (exact) mass is 526 g/mol. The van der Waals surface area contributed by atoms with Gasteiger partial charge in [-0.05, 0) is 61.9 Å². The minimum absolute atomic E-state index is 0.00444. The Bertz CT molecular complexity index is 1190. The molecule has 9 heteroatoms. The van der Waals surface area contributed by atoms with Crippen molar-refractivity contribution in [2.75, 3.05) is 31.1 Å². The van der Waals surface area contributed by atoms with Gasteiger partial charge in [0, 0.05) is 49.0 Å². The minimum Gasteiger partial charge on any atom is -0.364 e. The van der Waals surface area contributed by atoms with Crippen molar-refractivity contribution in [1.29, 1.82) is 0 Å². The van der Waals surface area contributed by atoms with Crippen molar-refractivity contribution < 1.29 is 22.8 Å². The number of amides is 2. The van der Waals surface area contributed by atoms with Gasteiger partial charge in [-0.3, -0.25) is 14.5 Å². The lowest BCUT2D eigenvalue weighted by atomic mass is 9.88. The van der Waals surface area contributed by atoms with Crippen LogP contribution in [0.15, 0.2) is 54.6 Å². The second kappa shape index (κ2) is 11.2. The van der Waals surface area contributed by atoms with E-state index in [9.17, 15) is 22.8 Å². The summed E-state index contributed by atoms with van der Waals surface area (Å²) in [4.78, 5) is 29.7. The molecule has 0 radical (unpaired) electrons. The molecule has 5 rings (SSSR count). The van der Waals surface area contributed by atoms with Gasteiger partial charge >= 0.3 is 6.18 Å². The zero-order chi connectivity index (χ0) is 26.7. The van der Waals surface area contributed by atoms with E-state index in [2.05, 4.69) is 56.9 Å². The maximum absolute atomic E-state index is 12.9. The standard InChI is InChI=1S/C29H33F3N4O2/c30-29(31,32)22-8-3-6-21(17-22)28(38)33-18-27(37)34-23-14-16-35(19-23)24-10-12-25(13-11-24)36-15-4-7-20-5-1-2-9-26(20)36/h1-9,17,23-25H,10-16,18-19H2,(H,33,38)(H,34,37)/t23-,24?,25?/m1/s1. The van der Waals surface area contributed by atoms with Crippen LogP contribution >= 0.6 is 0 Å². The summed E-state index contributed by atoms with van der Waals surface area (Å²) in [6.45, 7) is 2.38. The number of nitrogens with one attached hydrogen (secondary N) is 2. The van der Waals surface area contributed by atoms with Crippen molar-refractivity contribution in [2.45, 2.75) is 56.4 Å². The predicted octanol–water partition coefficient (Wildman–Crippen LogP) is 4.47. The minimum atomic E-state index is -4.53. The third kappa shape index (κ3) is 6.04. The topological polar surface area (TPSA) is 64.7 Å². The summed E-state index contributed by atoms with van der Waals surface area (Å²) < 4.78 is 38.7. The fourth-order valence-electron chi connectivity index (χ4n) is 5.98. The summed E-state index contributed by atoms with van der Waals surface area (Å²) >= 11 is 0. The number of carbonyl (C=O) groups is 2. The SMILES string of the molecule is O=C(CNC(=O)c1cccc(C(F)(F)F)c1)N[C@@H]1CCN(C2CCC(N3CC=Cc4ccccc43)CC2)C1. The number of alkyl halides is 3. The first-order valence-electron chi connectivity index (χ1n) is 13.3. The summed E-state index contributed by atoms with van der Waals surface area (Å²) in [6, 6.07) is 13.8. The lowest BCUT2D eigenvalue weighted by Gasteiger charge is -2.41. The molecule has 3 aliphatic rings. The third-order valence-electron chi connectivity index (χ3n) is 7.92. The van der Waals surface area contributed by atoms with Crippen LogP contribution < -0.4 is 15.5 Å². The molecular formula is C29H33F3N4O2. The molecule has 1 saturated carbocycles. The highest BCUT2D eigenvalue weighted by atomic mass is 19.4. The summed E-state index contributed by atoms with van der Waals surface area (Å²) in [5.74, 6) is -1.04. The molecule has 1 saturated heterocycles. The molecule has 0 aromatic heterocycles. The van der Waals surface area contributed by atoms with Crippen LogP contribution in [0, 0.1) is 0 Å². The Morgan fingerprint density at radius 2 is 1.71 bits per heavy atom. The fourth-order valence-corrected chi connectivity index (χ4v) is 5.98. The van der Waals surface area contributed by atoms with Gasteiger partial charge in [0.25, 0.3) is 5.91 Å². The maximum atomic E-state index is 12.9. The molecule has 2 fully saturated rings. The van der Waals surface area contributed by atoms with Crippen molar-refractivity contribution in [2.24, 2.45) is 0 Å². The lowest BCUT2D eigenvalue weighted by molar-refractivity contribution is -0.137. The average Bonchev–Trinajstić information content (AvgIpc) is 3.39. The van der Waals surface area contributed by atoms with Crippen LogP contribution in [0.2, 0.25) is 0 Å². The number of anilines is 1. The highest BCUT2D eigenvalue weighted by Gasteiger charge is 2.34. The second-order valence-corrected chi connectivity index (χ2v) is 10.4. The lowest BCUT2D eigenvalue weighted by Crippen LogP contribution is -2.46. The molecule has 0 bridgehead atoms. The number of benzene rings is 2. The number of hydrogen-bond acceptors (Lipinski definition) is 4. The van der Waals surface area contributed by atoms with E-state index >= 15 is 0 Å². The van der Waals surface area contributed by atoms with Crippen LogP contribution in [0.5, 0.6) is 0 Å². The largest absolute Gasteiger partial charge is 0.416 e. The van der Waals surface area contributed by atoms with Crippen LogP contribution in [0.1, 0.15) is 53.6 Å². The molecule has 38 heavy (non-hydrogen) atoms. The molecule has 2 heterocycles. The molecule has 202 valence electrons. The second-order valence-electron chi connectivity index (χ2n) is 10.4. The van der Waals surface area contributed by atoms with E-state index in [1.54, 1.807) is 0 Å². The number of nitrogens with zero attached hydrogens (tertiary/aromatic N) is 2. The van der Waals surface area contributed by atoms with E-state index < -0.39 is 17.6 Å². The zero-order valence-electron chi connectivity index (χ0n) is 21.2. The Hall–Kier alpha value is -3.33. The Labute approximate surface area is 220 Å². The number of halogens is 3. The first kappa shape index (κ1) is 26.3. The quantitative estimate of drug-likeness (QED) is 0.583.